The average molecular weight is 186 g/mol. The van der Waals surface area contributed by atoms with Crippen LogP contribution in [0.5, 0.6) is 0 Å². The fourth-order valence-electron chi connectivity index (χ4n) is 1.97. The molecule has 4 heteroatoms. The van der Waals surface area contributed by atoms with Gasteiger partial charge in [0.15, 0.2) is 0 Å². The van der Waals surface area contributed by atoms with Crippen LogP contribution in [0.1, 0.15) is 19.8 Å². The molecular weight excluding hydrogens is 164 g/mol. The summed E-state index contributed by atoms with van der Waals surface area (Å²) >= 11 is 0. The van der Waals surface area contributed by atoms with Crippen LogP contribution in [0.4, 0.5) is 0 Å². The van der Waals surface area contributed by atoms with Gasteiger partial charge in [-0.15, -0.1) is 0 Å². The summed E-state index contributed by atoms with van der Waals surface area (Å²) < 4.78 is 0. The minimum absolute atomic E-state index is 0.202. The van der Waals surface area contributed by atoms with Gasteiger partial charge in [0.1, 0.15) is 0 Å². The van der Waals surface area contributed by atoms with Crippen molar-refractivity contribution in [3.63, 3.8) is 0 Å². The first-order valence-corrected chi connectivity index (χ1v) is 5.11. The maximum Gasteiger partial charge on any atom is 0.0247 e. The molecule has 1 heterocycles. The molecule has 7 N–H and O–H groups in total. The Morgan fingerprint density at radius 3 is 2.69 bits per heavy atom. The quantitative estimate of drug-likeness (QED) is 0.453. The summed E-state index contributed by atoms with van der Waals surface area (Å²) in [6.45, 7) is 3.78. The molecule has 0 amide bonds. The van der Waals surface area contributed by atoms with E-state index in [1.54, 1.807) is 0 Å². The highest BCUT2D eigenvalue weighted by Gasteiger charge is 2.33. The SMILES string of the molecule is CC1NCC(C(N)CCCN)C1N. The monoisotopic (exact) mass is 186 g/mol. The summed E-state index contributed by atoms with van der Waals surface area (Å²) in [5.74, 6) is 0.418. The van der Waals surface area contributed by atoms with Crippen molar-refractivity contribution in [2.45, 2.75) is 37.9 Å². The van der Waals surface area contributed by atoms with Gasteiger partial charge in [-0.25, -0.2) is 0 Å². The molecule has 0 aliphatic carbocycles. The van der Waals surface area contributed by atoms with Gasteiger partial charge in [-0.1, -0.05) is 0 Å². The van der Waals surface area contributed by atoms with Crippen molar-refractivity contribution in [2.75, 3.05) is 13.1 Å². The number of hydrogen-bond donors (Lipinski definition) is 4. The normalized spacial score (nSPS) is 36.5. The summed E-state index contributed by atoms with van der Waals surface area (Å²) in [6, 6.07) is 0.803. The standard InChI is InChI=1S/C9H22N4/c1-6-9(12)7(5-13-6)8(11)3-2-4-10/h6-9,13H,2-5,10-12H2,1H3. The fraction of sp³-hybridized carbons (Fsp3) is 1.00. The van der Waals surface area contributed by atoms with E-state index in [0.717, 1.165) is 25.9 Å². The zero-order valence-corrected chi connectivity index (χ0v) is 8.37. The Bertz CT molecular complexity index is 151. The molecule has 0 aromatic carbocycles. The predicted octanol–water partition coefficient (Wildman–Crippen LogP) is -1.01. The molecule has 1 fully saturated rings. The third kappa shape index (κ3) is 2.64. The molecule has 4 atom stereocenters. The Morgan fingerprint density at radius 2 is 2.23 bits per heavy atom. The molecule has 78 valence electrons. The van der Waals surface area contributed by atoms with E-state index in [2.05, 4.69) is 12.2 Å². The molecule has 1 saturated heterocycles. The van der Waals surface area contributed by atoms with Crippen LogP contribution in [0.2, 0.25) is 0 Å². The van der Waals surface area contributed by atoms with Gasteiger partial charge in [0.25, 0.3) is 0 Å². The molecule has 0 bridgehead atoms. The third-order valence-electron chi connectivity index (χ3n) is 3.04. The second-order valence-electron chi connectivity index (χ2n) is 4.03. The molecule has 0 radical (unpaired) electrons. The van der Waals surface area contributed by atoms with Crippen molar-refractivity contribution in [1.82, 2.24) is 5.32 Å². The van der Waals surface area contributed by atoms with E-state index in [0.29, 0.717) is 12.0 Å². The Balaban J connectivity index is 2.34. The Kier molecular flexibility index (Phi) is 4.12. The van der Waals surface area contributed by atoms with Gasteiger partial charge < -0.3 is 22.5 Å². The van der Waals surface area contributed by atoms with Crippen LogP contribution in [0.15, 0.2) is 0 Å². The molecular formula is C9H22N4. The van der Waals surface area contributed by atoms with Crippen LogP contribution in [0, 0.1) is 5.92 Å². The summed E-state index contributed by atoms with van der Waals surface area (Å²) in [6.07, 6.45) is 1.99. The lowest BCUT2D eigenvalue weighted by Gasteiger charge is -2.23. The average Bonchev–Trinajstić information content (AvgIpc) is 2.44. The summed E-state index contributed by atoms with van der Waals surface area (Å²) in [5.41, 5.74) is 17.5. The second kappa shape index (κ2) is 4.91. The van der Waals surface area contributed by atoms with Gasteiger partial charge >= 0.3 is 0 Å². The second-order valence-corrected chi connectivity index (χ2v) is 4.03. The van der Waals surface area contributed by atoms with E-state index < -0.39 is 0 Å². The van der Waals surface area contributed by atoms with Crippen LogP contribution in [-0.2, 0) is 0 Å². The van der Waals surface area contributed by atoms with Crippen LogP contribution in [0.25, 0.3) is 0 Å². The molecule has 4 nitrogen and oxygen atoms in total. The fourth-order valence-corrected chi connectivity index (χ4v) is 1.97. The van der Waals surface area contributed by atoms with E-state index in [4.69, 9.17) is 17.2 Å². The van der Waals surface area contributed by atoms with Crippen LogP contribution >= 0.6 is 0 Å². The number of hydrogen-bond acceptors (Lipinski definition) is 4. The Labute approximate surface area is 80.2 Å². The molecule has 1 rings (SSSR count). The van der Waals surface area contributed by atoms with Crippen molar-refractivity contribution in [2.24, 2.45) is 23.1 Å². The lowest BCUT2D eigenvalue weighted by atomic mass is 9.90. The summed E-state index contributed by atoms with van der Waals surface area (Å²) in [4.78, 5) is 0. The number of nitrogens with two attached hydrogens (primary N) is 3. The largest absolute Gasteiger partial charge is 0.330 e. The molecule has 13 heavy (non-hydrogen) atoms. The van der Waals surface area contributed by atoms with Crippen molar-refractivity contribution < 1.29 is 0 Å². The highest BCUT2D eigenvalue weighted by atomic mass is 15.0. The van der Waals surface area contributed by atoms with Crippen molar-refractivity contribution in [3.05, 3.63) is 0 Å². The molecule has 0 aromatic rings. The Morgan fingerprint density at radius 1 is 1.54 bits per heavy atom. The molecule has 0 saturated carbocycles. The first-order valence-electron chi connectivity index (χ1n) is 5.11. The van der Waals surface area contributed by atoms with E-state index in [-0.39, 0.29) is 12.1 Å². The maximum absolute atomic E-state index is 6.04. The third-order valence-corrected chi connectivity index (χ3v) is 3.04. The first kappa shape index (κ1) is 10.9. The molecule has 1 aliphatic heterocycles. The van der Waals surface area contributed by atoms with E-state index in [9.17, 15) is 0 Å². The van der Waals surface area contributed by atoms with Crippen LogP contribution in [-0.4, -0.2) is 31.2 Å². The summed E-state index contributed by atoms with van der Waals surface area (Å²) in [7, 11) is 0. The van der Waals surface area contributed by atoms with Crippen LogP contribution < -0.4 is 22.5 Å². The van der Waals surface area contributed by atoms with Crippen LogP contribution in [0.3, 0.4) is 0 Å². The van der Waals surface area contributed by atoms with E-state index >= 15 is 0 Å². The first-order chi connectivity index (χ1) is 6.16. The van der Waals surface area contributed by atoms with Gasteiger partial charge in [0.05, 0.1) is 0 Å². The Hall–Kier alpha value is -0.160. The van der Waals surface area contributed by atoms with Gasteiger partial charge in [-0.2, -0.15) is 0 Å². The lowest BCUT2D eigenvalue weighted by Crippen LogP contribution is -2.44. The lowest BCUT2D eigenvalue weighted by molar-refractivity contribution is 0.377. The van der Waals surface area contributed by atoms with Crippen molar-refractivity contribution in [1.29, 1.82) is 0 Å². The smallest absolute Gasteiger partial charge is 0.0247 e. The highest BCUT2D eigenvalue weighted by molar-refractivity contribution is 4.95. The van der Waals surface area contributed by atoms with Crippen molar-refractivity contribution >= 4 is 0 Å². The van der Waals surface area contributed by atoms with Gasteiger partial charge in [-0.3, -0.25) is 0 Å². The number of nitrogens with one attached hydrogen (secondary N) is 1. The molecule has 1 aliphatic rings. The minimum Gasteiger partial charge on any atom is -0.330 e. The van der Waals surface area contributed by atoms with Gasteiger partial charge in [-0.05, 0) is 26.3 Å². The van der Waals surface area contributed by atoms with Gasteiger partial charge in [0, 0.05) is 30.6 Å². The number of rotatable bonds is 4. The van der Waals surface area contributed by atoms with Gasteiger partial charge in [0.2, 0.25) is 0 Å². The van der Waals surface area contributed by atoms with E-state index in [1.807, 2.05) is 0 Å². The topological polar surface area (TPSA) is 90.1 Å². The van der Waals surface area contributed by atoms with E-state index in [1.165, 1.54) is 0 Å². The molecule has 0 aromatic heterocycles. The van der Waals surface area contributed by atoms with Crippen molar-refractivity contribution in [3.8, 4) is 0 Å². The summed E-state index contributed by atoms with van der Waals surface area (Å²) in [5, 5.41) is 3.34. The maximum atomic E-state index is 6.04. The molecule has 0 spiro atoms. The zero-order chi connectivity index (χ0) is 9.84. The minimum atomic E-state index is 0.202. The zero-order valence-electron chi connectivity index (χ0n) is 8.37. The predicted molar refractivity (Wildman–Crippen MR) is 55.2 cm³/mol. The molecule has 4 unspecified atom stereocenters. The highest BCUT2D eigenvalue weighted by Crippen LogP contribution is 2.17.